The lowest BCUT2D eigenvalue weighted by atomic mass is 10.3. The van der Waals surface area contributed by atoms with E-state index >= 15 is 0 Å². The standard InChI is InChI=1S/C13H14ClN3OS3/c1-3-19-12-16-17-13(21-12)20-8(2)11(18)15-10-7-5-4-6-9(10)14/h4-8H,3H2,1-2H3,(H,15,18)/t8-/m1/s1. The van der Waals surface area contributed by atoms with Gasteiger partial charge in [0.25, 0.3) is 0 Å². The quantitative estimate of drug-likeness (QED) is 0.773. The van der Waals surface area contributed by atoms with Crippen LogP contribution < -0.4 is 5.32 Å². The molecule has 0 aliphatic heterocycles. The van der Waals surface area contributed by atoms with Crippen LogP contribution in [0.25, 0.3) is 0 Å². The van der Waals surface area contributed by atoms with Crippen molar-refractivity contribution in [3.8, 4) is 0 Å². The van der Waals surface area contributed by atoms with Crippen LogP contribution in [0.3, 0.4) is 0 Å². The zero-order valence-corrected chi connectivity index (χ0v) is 14.7. The second kappa shape index (κ2) is 8.03. The van der Waals surface area contributed by atoms with Gasteiger partial charge in [-0.1, -0.05) is 65.5 Å². The van der Waals surface area contributed by atoms with E-state index in [9.17, 15) is 4.79 Å². The van der Waals surface area contributed by atoms with Crippen LogP contribution in [-0.4, -0.2) is 27.1 Å². The van der Waals surface area contributed by atoms with Crippen LogP contribution in [0.4, 0.5) is 5.69 Å². The van der Waals surface area contributed by atoms with Crippen molar-refractivity contribution in [2.45, 2.75) is 27.8 Å². The third kappa shape index (κ3) is 4.88. The first-order valence-electron chi connectivity index (χ1n) is 6.28. The predicted octanol–water partition coefficient (Wildman–Crippen LogP) is 4.42. The minimum Gasteiger partial charge on any atom is -0.324 e. The number of hydrogen-bond acceptors (Lipinski definition) is 6. The number of benzene rings is 1. The maximum atomic E-state index is 12.2. The third-order valence-electron chi connectivity index (χ3n) is 2.43. The van der Waals surface area contributed by atoms with Crippen molar-refractivity contribution in [2.75, 3.05) is 11.1 Å². The summed E-state index contributed by atoms with van der Waals surface area (Å²) >= 11 is 10.6. The molecule has 1 aromatic carbocycles. The van der Waals surface area contributed by atoms with Crippen LogP contribution in [0.2, 0.25) is 5.02 Å². The Morgan fingerprint density at radius 2 is 2.10 bits per heavy atom. The summed E-state index contributed by atoms with van der Waals surface area (Å²) in [5.41, 5.74) is 0.621. The van der Waals surface area contributed by atoms with Gasteiger partial charge in [-0.05, 0) is 24.8 Å². The first kappa shape index (κ1) is 16.6. The average molecular weight is 360 g/mol. The normalized spacial score (nSPS) is 12.1. The van der Waals surface area contributed by atoms with Crippen molar-refractivity contribution < 1.29 is 4.79 Å². The molecule has 0 fully saturated rings. The summed E-state index contributed by atoms with van der Waals surface area (Å²) < 4.78 is 1.73. The molecule has 0 bridgehead atoms. The van der Waals surface area contributed by atoms with Gasteiger partial charge in [0.1, 0.15) is 0 Å². The summed E-state index contributed by atoms with van der Waals surface area (Å²) in [5.74, 6) is 0.856. The Balaban J connectivity index is 1.94. The minimum atomic E-state index is -0.270. The van der Waals surface area contributed by atoms with Crippen molar-refractivity contribution in [1.29, 1.82) is 0 Å². The lowest BCUT2D eigenvalue weighted by Gasteiger charge is -2.11. The van der Waals surface area contributed by atoms with E-state index in [2.05, 4.69) is 22.4 Å². The Hall–Kier alpha value is -0.760. The summed E-state index contributed by atoms with van der Waals surface area (Å²) in [4.78, 5) is 12.2. The number of nitrogens with one attached hydrogen (secondary N) is 1. The number of halogens is 1. The van der Waals surface area contributed by atoms with Crippen molar-refractivity contribution in [3.05, 3.63) is 29.3 Å². The number of para-hydroxylation sites is 1. The molecule has 1 amide bonds. The Morgan fingerprint density at radius 3 is 2.81 bits per heavy atom. The van der Waals surface area contributed by atoms with E-state index in [4.69, 9.17) is 11.6 Å². The summed E-state index contributed by atoms with van der Waals surface area (Å²) in [5, 5.41) is 11.2. The molecule has 0 aliphatic carbocycles. The molecular formula is C13H14ClN3OS3. The summed E-state index contributed by atoms with van der Waals surface area (Å²) in [6, 6.07) is 7.18. The monoisotopic (exact) mass is 359 g/mol. The third-order valence-corrected chi connectivity index (χ3v) is 5.89. The minimum absolute atomic E-state index is 0.104. The molecule has 0 saturated heterocycles. The zero-order chi connectivity index (χ0) is 15.2. The van der Waals surface area contributed by atoms with Crippen LogP contribution >= 0.6 is 46.5 Å². The molecule has 2 rings (SSSR count). The molecule has 1 aromatic heterocycles. The van der Waals surface area contributed by atoms with Gasteiger partial charge in [0, 0.05) is 0 Å². The average Bonchev–Trinajstić information content (AvgIpc) is 2.89. The molecule has 0 saturated carbocycles. The maximum absolute atomic E-state index is 12.2. The largest absolute Gasteiger partial charge is 0.324 e. The van der Waals surface area contributed by atoms with E-state index in [-0.39, 0.29) is 11.2 Å². The number of hydrogen-bond donors (Lipinski definition) is 1. The molecule has 1 N–H and O–H groups in total. The van der Waals surface area contributed by atoms with E-state index in [1.165, 1.54) is 23.1 Å². The van der Waals surface area contributed by atoms with E-state index < -0.39 is 0 Å². The molecule has 1 atom stereocenters. The van der Waals surface area contributed by atoms with Gasteiger partial charge in [0.2, 0.25) is 5.91 Å². The van der Waals surface area contributed by atoms with Gasteiger partial charge in [-0.15, -0.1) is 10.2 Å². The fourth-order valence-corrected chi connectivity index (χ4v) is 4.67. The number of aromatic nitrogens is 2. The molecule has 21 heavy (non-hydrogen) atoms. The van der Waals surface area contributed by atoms with E-state index in [0.717, 1.165) is 14.4 Å². The highest BCUT2D eigenvalue weighted by Gasteiger charge is 2.18. The smallest absolute Gasteiger partial charge is 0.237 e. The second-order valence-electron chi connectivity index (χ2n) is 4.00. The fourth-order valence-electron chi connectivity index (χ4n) is 1.43. The Kier molecular flexibility index (Phi) is 6.35. The summed E-state index contributed by atoms with van der Waals surface area (Å²) in [6.45, 7) is 3.91. The van der Waals surface area contributed by atoms with Crippen LogP contribution in [0, 0.1) is 0 Å². The van der Waals surface area contributed by atoms with Crippen LogP contribution in [-0.2, 0) is 4.79 Å². The van der Waals surface area contributed by atoms with Gasteiger partial charge >= 0.3 is 0 Å². The number of amides is 1. The highest BCUT2D eigenvalue weighted by molar-refractivity contribution is 8.03. The fraction of sp³-hybridized carbons (Fsp3) is 0.308. The predicted molar refractivity (Wildman–Crippen MR) is 91.7 cm³/mol. The highest BCUT2D eigenvalue weighted by Crippen LogP contribution is 2.31. The first-order valence-corrected chi connectivity index (χ1v) is 9.34. The molecular weight excluding hydrogens is 346 g/mol. The first-order chi connectivity index (χ1) is 10.1. The van der Waals surface area contributed by atoms with Gasteiger partial charge in [-0.3, -0.25) is 4.79 Å². The molecule has 0 spiro atoms. The maximum Gasteiger partial charge on any atom is 0.237 e. The number of carbonyl (C=O) groups is 1. The van der Waals surface area contributed by atoms with Gasteiger partial charge in [0.05, 0.1) is 16.0 Å². The van der Waals surface area contributed by atoms with Crippen molar-refractivity contribution in [2.24, 2.45) is 0 Å². The number of thioether (sulfide) groups is 2. The van der Waals surface area contributed by atoms with Crippen LogP contribution in [0.5, 0.6) is 0 Å². The van der Waals surface area contributed by atoms with Gasteiger partial charge < -0.3 is 5.32 Å². The number of anilines is 1. The Bertz CT molecular complexity index is 620. The Labute approximate surface area is 141 Å². The van der Waals surface area contributed by atoms with Crippen LogP contribution in [0.15, 0.2) is 32.9 Å². The molecule has 0 unspecified atom stereocenters. The lowest BCUT2D eigenvalue weighted by molar-refractivity contribution is -0.115. The van der Waals surface area contributed by atoms with E-state index in [1.807, 2.05) is 19.1 Å². The highest BCUT2D eigenvalue weighted by atomic mass is 35.5. The number of rotatable bonds is 6. The van der Waals surface area contributed by atoms with Crippen LogP contribution in [0.1, 0.15) is 13.8 Å². The van der Waals surface area contributed by atoms with Gasteiger partial charge in [-0.25, -0.2) is 0 Å². The number of carbonyl (C=O) groups excluding carboxylic acids is 1. The molecule has 4 nitrogen and oxygen atoms in total. The van der Waals surface area contributed by atoms with Crippen molar-refractivity contribution >= 4 is 58.1 Å². The second-order valence-corrected chi connectivity index (χ2v) is 8.48. The Morgan fingerprint density at radius 1 is 1.38 bits per heavy atom. The van der Waals surface area contributed by atoms with E-state index in [1.54, 1.807) is 23.9 Å². The van der Waals surface area contributed by atoms with E-state index in [0.29, 0.717) is 10.7 Å². The molecule has 8 heteroatoms. The zero-order valence-electron chi connectivity index (χ0n) is 11.5. The molecule has 0 radical (unpaired) electrons. The number of nitrogens with zero attached hydrogens (tertiary/aromatic N) is 2. The summed E-state index contributed by atoms with van der Waals surface area (Å²) in [7, 11) is 0. The molecule has 112 valence electrons. The SMILES string of the molecule is CCSc1nnc(S[C@H](C)C(=O)Nc2ccccc2Cl)s1. The van der Waals surface area contributed by atoms with Gasteiger partial charge in [0.15, 0.2) is 8.68 Å². The molecule has 0 aliphatic rings. The van der Waals surface area contributed by atoms with Crippen molar-refractivity contribution in [3.63, 3.8) is 0 Å². The lowest BCUT2D eigenvalue weighted by Crippen LogP contribution is -2.22. The topological polar surface area (TPSA) is 54.9 Å². The molecule has 2 aromatic rings. The van der Waals surface area contributed by atoms with Gasteiger partial charge in [-0.2, -0.15) is 0 Å². The summed E-state index contributed by atoms with van der Waals surface area (Å²) in [6.07, 6.45) is 0. The molecule has 1 heterocycles. The van der Waals surface area contributed by atoms with Crippen molar-refractivity contribution in [1.82, 2.24) is 10.2 Å².